The van der Waals surface area contributed by atoms with Crippen molar-refractivity contribution in [2.75, 3.05) is 0 Å². The summed E-state index contributed by atoms with van der Waals surface area (Å²) in [4.78, 5) is 0. The zero-order chi connectivity index (χ0) is 36.3. The van der Waals surface area contributed by atoms with Crippen molar-refractivity contribution in [3.8, 4) is 45.9 Å². The topological polar surface area (TPSA) is 0 Å². The van der Waals surface area contributed by atoms with E-state index in [9.17, 15) is 0 Å². The fourth-order valence-corrected chi connectivity index (χ4v) is 10.9. The smallest absolute Gasteiger partial charge is 0.0407 e. The lowest BCUT2D eigenvalue weighted by molar-refractivity contribution is 0.660. The number of thiophene rings is 2. The molecule has 0 spiro atoms. The number of benzene rings is 7. The summed E-state index contributed by atoms with van der Waals surface area (Å²) in [7, 11) is 0. The molecule has 2 aromatic heterocycles. The maximum Gasteiger partial charge on any atom is 0.0407 e. The van der Waals surface area contributed by atoms with Gasteiger partial charge in [0.15, 0.2) is 0 Å². The molecular weight excluding hydrogens is 689 g/mol. The van der Waals surface area contributed by atoms with E-state index >= 15 is 0 Å². The summed E-state index contributed by atoms with van der Waals surface area (Å²) in [5, 5.41) is 11.5. The number of hydrogen-bond acceptors (Lipinski definition) is 2. The van der Waals surface area contributed by atoms with Crippen LogP contribution >= 0.6 is 22.7 Å². The lowest BCUT2D eigenvalue weighted by atomic mass is 9.82. The molecule has 0 saturated carbocycles. The second-order valence-corrected chi connectivity index (χ2v) is 17.7. The van der Waals surface area contributed by atoms with E-state index in [4.69, 9.17) is 0 Å². The van der Waals surface area contributed by atoms with Crippen LogP contribution in [0.4, 0.5) is 0 Å². The molecule has 0 fully saturated rings. The fraction of sp³-hybridized carbons (Fsp3) is 0.115. The summed E-state index contributed by atoms with van der Waals surface area (Å²) >= 11 is 3.56. The van der Waals surface area contributed by atoms with Crippen molar-refractivity contribution in [1.82, 2.24) is 0 Å². The summed E-state index contributed by atoms with van der Waals surface area (Å²) in [5.41, 5.74) is 14.8. The Morgan fingerprint density at radius 3 is 1.26 bits per heavy atom. The van der Waals surface area contributed by atoms with Crippen LogP contribution in [0.15, 0.2) is 132 Å². The van der Waals surface area contributed by atoms with Crippen LogP contribution in [0.3, 0.4) is 0 Å². The molecule has 0 bridgehead atoms. The highest BCUT2D eigenvalue weighted by Gasteiger charge is 2.36. The SMILES string of the molecule is CC1(C)c2ccccc2-c2ccc(C#Cc3c4cc5ccsc5cc4c(C#Cc4ccc5c(c4)C(C)(C)c4ccccc4-5)c4cc5ccsc5cc34)cc21. The molecule has 54 heavy (non-hydrogen) atoms. The van der Waals surface area contributed by atoms with Crippen molar-refractivity contribution in [3.05, 3.63) is 177 Å². The molecule has 2 aliphatic carbocycles. The molecule has 2 heterocycles. The minimum atomic E-state index is -0.0722. The zero-order valence-corrected chi connectivity index (χ0v) is 32.2. The van der Waals surface area contributed by atoms with E-state index in [1.54, 1.807) is 22.7 Å². The molecule has 0 unspecified atom stereocenters. The molecule has 0 aliphatic heterocycles. The fourth-order valence-electron chi connectivity index (χ4n) is 9.24. The Balaban J connectivity index is 1.12. The number of fused-ring (bicyclic) bond motifs is 10. The lowest BCUT2D eigenvalue weighted by Crippen LogP contribution is -2.14. The third-order valence-electron chi connectivity index (χ3n) is 12.1. The van der Waals surface area contributed by atoms with Gasteiger partial charge in [0.1, 0.15) is 0 Å². The first-order valence-electron chi connectivity index (χ1n) is 18.6. The molecule has 2 heteroatoms. The standard InChI is InChI=1S/C52H34S2/c1-51(2)45-11-7-5-9-37(45)39-19-15-31(25-47(39)51)13-17-35-41-27-33-21-23-54-50(33)30-44(41)36(42-28-34-22-24-53-49(34)29-43(35)42)18-14-32-16-20-40-38-10-6-8-12-46(38)52(3,4)48(40)26-32/h5-12,15-16,19-30H,1-4H3. The van der Waals surface area contributed by atoms with Gasteiger partial charge in [-0.3, -0.25) is 0 Å². The Labute approximate surface area is 323 Å². The van der Waals surface area contributed by atoms with Crippen LogP contribution in [-0.4, -0.2) is 0 Å². The monoisotopic (exact) mass is 722 g/mol. The number of hydrogen-bond donors (Lipinski definition) is 0. The summed E-state index contributed by atoms with van der Waals surface area (Å²) in [6, 6.07) is 45.0. The largest absolute Gasteiger partial charge is 0.144 e. The van der Waals surface area contributed by atoms with E-state index in [2.05, 4.69) is 183 Å². The van der Waals surface area contributed by atoms with Crippen LogP contribution in [0.25, 0.3) is 64.0 Å². The molecule has 2 aliphatic rings. The van der Waals surface area contributed by atoms with Crippen LogP contribution in [0.5, 0.6) is 0 Å². The average Bonchev–Trinajstić information content (AvgIpc) is 3.95. The normalized spacial score (nSPS) is 14.3. The first-order chi connectivity index (χ1) is 26.3. The van der Waals surface area contributed by atoms with Gasteiger partial charge in [-0.25, -0.2) is 0 Å². The van der Waals surface area contributed by atoms with Gasteiger partial charge in [-0.15, -0.1) is 22.7 Å². The highest BCUT2D eigenvalue weighted by molar-refractivity contribution is 7.17. The third-order valence-corrected chi connectivity index (χ3v) is 13.9. The van der Waals surface area contributed by atoms with Crippen molar-refractivity contribution >= 4 is 64.4 Å². The van der Waals surface area contributed by atoms with Crippen molar-refractivity contribution in [2.45, 2.75) is 38.5 Å². The van der Waals surface area contributed by atoms with Crippen LogP contribution in [0, 0.1) is 23.7 Å². The molecule has 254 valence electrons. The van der Waals surface area contributed by atoms with E-state index in [1.165, 1.54) is 64.7 Å². The third kappa shape index (κ3) is 4.52. The van der Waals surface area contributed by atoms with Gasteiger partial charge >= 0.3 is 0 Å². The zero-order valence-electron chi connectivity index (χ0n) is 30.5. The first-order valence-corrected chi connectivity index (χ1v) is 20.3. The average molecular weight is 723 g/mol. The van der Waals surface area contributed by atoms with Gasteiger partial charge < -0.3 is 0 Å². The van der Waals surface area contributed by atoms with E-state index in [1.807, 2.05) is 0 Å². The molecule has 11 rings (SSSR count). The maximum absolute atomic E-state index is 3.76. The van der Waals surface area contributed by atoms with Gasteiger partial charge in [-0.2, -0.15) is 0 Å². The van der Waals surface area contributed by atoms with Crippen molar-refractivity contribution in [1.29, 1.82) is 0 Å². The molecule has 0 amide bonds. The van der Waals surface area contributed by atoms with Gasteiger partial charge in [0, 0.05) is 53.3 Å². The Kier molecular flexibility index (Phi) is 6.62. The molecule has 0 nitrogen and oxygen atoms in total. The molecular formula is C52H34S2. The van der Waals surface area contributed by atoms with Gasteiger partial charge in [0.2, 0.25) is 0 Å². The molecule has 0 N–H and O–H groups in total. The summed E-state index contributed by atoms with van der Waals surface area (Å²) in [5.74, 6) is 14.8. The quantitative estimate of drug-likeness (QED) is 0.108. The van der Waals surface area contributed by atoms with Crippen molar-refractivity contribution in [2.24, 2.45) is 0 Å². The van der Waals surface area contributed by atoms with Crippen molar-refractivity contribution in [3.63, 3.8) is 0 Å². The van der Waals surface area contributed by atoms with Crippen LogP contribution in [-0.2, 0) is 10.8 Å². The van der Waals surface area contributed by atoms with E-state index < -0.39 is 0 Å². The Morgan fingerprint density at radius 2 is 0.796 bits per heavy atom. The minimum absolute atomic E-state index is 0.0722. The maximum atomic E-state index is 3.76. The molecule has 0 atom stereocenters. The predicted molar refractivity (Wildman–Crippen MR) is 232 cm³/mol. The first kappa shape index (κ1) is 31.6. The Bertz CT molecular complexity index is 2920. The van der Waals surface area contributed by atoms with E-state index in [0.29, 0.717) is 0 Å². The highest BCUT2D eigenvalue weighted by atomic mass is 32.1. The molecule has 7 aromatic carbocycles. The summed E-state index contributed by atoms with van der Waals surface area (Å²) in [6.07, 6.45) is 0. The van der Waals surface area contributed by atoms with Crippen LogP contribution in [0.1, 0.15) is 72.2 Å². The predicted octanol–water partition coefficient (Wildman–Crippen LogP) is 13.8. The van der Waals surface area contributed by atoms with E-state index in [0.717, 1.165) is 43.8 Å². The second kappa shape index (κ2) is 11.3. The van der Waals surface area contributed by atoms with Gasteiger partial charge in [-0.05, 0) is 137 Å². The van der Waals surface area contributed by atoms with Gasteiger partial charge in [-0.1, -0.05) is 112 Å². The second-order valence-electron chi connectivity index (χ2n) is 15.8. The summed E-state index contributed by atoms with van der Waals surface area (Å²) in [6.45, 7) is 9.32. The number of rotatable bonds is 0. The minimum Gasteiger partial charge on any atom is -0.144 e. The molecule has 9 aromatic rings. The van der Waals surface area contributed by atoms with Crippen LogP contribution < -0.4 is 0 Å². The van der Waals surface area contributed by atoms with Gasteiger partial charge in [0.05, 0.1) is 0 Å². The lowest BCUT2D eigenvalue weighted by Gasteiger charge is -2.21. The van der Waals surface area contributed by atoms with E-state index in [-0.39, 0.29) is 10.8 Å². The Morgan fingerprint density at radius 1 is 0.389 bits per heavy atom. The van der Waals surface area contributed by atoms with Crippen molar-refractivity contribution < 1.29 is 0 Å². The highest BCUT2D eigenvalue weighted by Crippen LogP contribution is 2.50. The molecule has 0 radical (unpaired) electrons. The van der Waals surface area contributed by atoms with Gasteiger partial charge in [0.25, 0.3) is 0 Å². The van der Waals surface area contributed by atoms with Crippen LogP contribution in [0.2, 0.25) is 0 Å². The summed E-state index contributed by atoms with van der Waals surface area (Å²) < 4.78 is 2.52. The molecule has 0 saturated heterocycles. The Hall–Kier alpha value is -5.90.